The van der Waals surface area contributed by atoms with Crippen LogP contribution in [0.25, 0.3) is 6.08 Å². The van der Waals surface area contributed by atoms with Gasteiger partial charge in [-0.2, -0.15) is 0 Å². The second-order valence-corrected chi connectivity index (χ2v) is 8.38. The minimum absolute atomic E-state index is 0.108. The van der Waals surface area contributed by atoms with Crippen LogP contribution in [0, 0.1) is 0 Å². The first-order valence-electron chi connectivity index (χ1n) is 10.5. The van der Waals surface area contributed by atoms with Gasteiger partial charge in [0.2, 0.25) is 0 Å². The van der Waals surface area contributed by atoms with Gasteiger partial charge in [0.15, 0.2) is 0 Å². The van der Waals surface area contributed by atoms with E-state index < -0.39 is 23.8 Å². The largest absolute Gasteiger partial charge is 0.497 e. The number of imide groups is 2. The molecule has 9 nitrogen and oxygen atoms in total. The summed E-state index contributed by atoms with van der Waals surface area (Å²) in [7, 11) is 2.97. The summed E-state index contributed by atoms with van der Waals surface area (Å²) in [6.07, 6.45) is 1.26. The molecule has 4 rings (SSSR count). The molecule has 0 spiro atoms. The van der Waals surface area contributed by atoms with Crippen molar-refractivity contribution in [3.8, 4) is 17.2 Å². The number of halogens is 1. The molecule has 1 heterocycles. The average Bonchev–Trinajstić information content (AvgIpc) is 2.88. The zero-order chi connectivity index (χ0) is 25.8. The van der Waals surface area contributed by atoms with E-state index >= 15 is 0 Å². The summed E-state index contributed by atoms with van der Waals surface area (Å²) in [5.41, 5.74) is 0.441. The lowest BCUT2D eigenvalue weighted by Gasteiger charge is -2.26. The van der Waals surface area contributed by atoms with Gasteiger partial charge in [0.1, 0.15) is 22.8 Å². The first-order chi connectivity index (χ1) is 17.3. The number of ether oxygens (including phenoxy) is 3. The Hall–Kier alpha value is -4.44. The van der Waals surface area contributed by atoms with E-state index in [2.05, 4.69) is 21.2 Å². The van der Waals surface area contributed by atoms with Crippen LogP contribution in [-0.4, -0.2) is 38.0 Å². The third kappa shape index (κ3) is 5.13. The molecule has 3 aromatic rings. The Morgan fingerprint density at radius 3 is 2.33 bits per heavy atom. The number of nitrogens with one attached hydrogen (secondary N) is 1. The molecule has 0 atom stereocenters. The molecule has 36 heavy (non-hydrogen) atoms. The molecule has 3 aromatic carbocycles. The van der Waals surface area contributed by atoms with Crippen molar-refractivity contribution in [2.24, 2.45) is 0 Å². The molecule has 0 aliphatic carbocycles. The van der Waals surface area contributed by atoms with Gasteiger partial charge in [0, 0.05) is 16.1 Å². The molecule has 1 aliphatic heterocycles. The molecule has 0 saturated carbocycles. The number of amides is 4. The van der Waals surface area contributed by atoms with Crippen LogP contribution in [0.3, 0.4) is 0 Å². The number of hydrogen-bond donors (Lipinski definition) is 1. The van der Waals surface area contributed by atoms with Crippen LogP contribution < -0.4 is 24.4 Å². The van der Waals surface area contributed by atoms with Gasteiger partial charge in [-0.25, -0.2) is 14.5 Å². The zero-order valence-electron chi connectivity index (χ0n) is 19.1. The highest BCUT2D eigenvalue weighted by atomic mass is 79.9. The monoisotopic (exact) mass is 550 g/mol. The van der Waals surface area contributed by atoms with Crippen molar-refractivity contribution in [3.63, 3.8) is 0 Å². The molecule has 0 unspecified atom stereocenters. The number of hydrogen-bond acceptors (Lipinski definition) is 7. The number of carbonyl (C=O) groups is 4. The van der Waals surface area contributed by atoms with Gasteiger partial charge in [0.25, 0.3) is 11.8 Å². The molecular formula is C26H19BrN2O7. The summed E-state index contributed by atoms with van der Waals surface area (Å²) in [6, 6.07) is 16.5. The predicted molar refractivity (Wildman–Crippen MR) is 134 cm³/mol. The van der Waals surface area contributed by atoms with E-state index in [0.29, 0.717) is 16.0 Å². The first kappa shape index (κ1) is 24.7. The first-order valence-corrected chi connectivity index (χ1v) is 11.3. The maximum Gasteiger partial charge on any atom is 0.343 e. The van der Waals surface area contributed by atoms with Crippen molar-refractivity contribution in [3.05, 3.63) is 87.9 Å². The fourth-order valence-corrected chi connectivity index (χ4v) is 3.79. The Bertz CT molecular complexity index is 1400. The molecule has 182 valence electrons. The third-order valence-corrected chi connectivity index (χ3v) is 5.71. The molecule has 0 bridgehead atoms. The van der Waals surface area contributed by atoms with Gasteiger partial charge >= 0.3 is 12.0 Å². The summed E-state index contributed by atoms with van der Waals surface area (Å²) < 4.78 is 16.4. The predicted octanol–water partition coefficient (Wildman–Crippen LogP) is 4.35. The Morgan fingerprint density at radius 1 is 0.917 bits per heavy atom. The topological polar surface area (TPSA) is 111 Å². The molecule has 1 N–H and O–H groups in total. The summed E-state index contributed by atoms with van der Waals surface area (Å²) in [5.74, 6) is -1.25. The molecule has 1 fully saturated rings. The van der Waals surface area contributed by atoms with Gasteiger partial charge in [-0.3, -0.25) is 14.9 Å². The van der Waals surface area contributed by atoms with E-state index in [1.54, 1.807) is 48.5 Å². The Kier molecular flexibility index (Phi) is 7.16. The summed E-state index contributed by atoms with van der Waals surface area (Å²) in [4.78, 5) is 51.9. The summed E-state index contributed by atoms with van der Waals surface area (Å²) >= 11 is 3.34. The summed E-state index contributed by atoms with van der Waals surface area (Å²) in [5, 5.41) is 2.16. The number of nitrogens with zero attached hydrogens (tertiary/aromatic N) is 1. The number of benzene rings is 3. The van der Waals surface area contributed by atoms with Crippen LogP contribution in [0.2, 0.25) is 0 Å². The molecule has 0 aromatic heterocycles. The van der Waals surface area contributed by atoms with Crippen LogP contribution in [0.15, 0.2) is 76.8 Å². The Labute approximate surface area is 214 Å². The van der Waals surface area contributed by atoms with E-state index in [-0.39, 0.29) is 28.1 Å². The number of anilines is 1. The minimum Gasteiger partial charge on any atom is -0.497 e. The quantitative estimate of drug-likeness (QED) is 0.210. The van der Waals surface area contributed by atoms with E-state index in [1.807, 2.05) is 0 Å². The number of esters is 1. The van der Waals surface area contributed by atoms with E-state index in [4.69, 9.17) is 14.2 Å². The SMILES string of the molecule is COc1ccc(C(=O)Oc2ccc(Br)cc2/C=C2/C(=O)NC(=O)N(c3cccc(OC)c3)C2=O)cc1. The molecular weight excluding hydrogens is 532 g/mol. The zero-order valence-corrected chi connectivity index (χ0v) is 20.7. The number of urea groups is 1. The smallest absolute Gasteiger partial charge is 0.343 e. The highest BCUT2D eigenvalue weighted by Gasteiger charge is 2.37. The van der Waals surface area contributed by atoms with Crippen molar-refractivity contribution in [1.29, 1.82) is 0 Å². The van der Waals surface area contributed by atoms with Crippen molar-refractivity contribution < 1.29 is 33.4 Å². The fraction of sp³-hybridized carbons (Fsp3) is 0.0769. The number of carbonyl (C=O) groups excluding carboxylic acids is 4. The Morgan fingerprint density at radius 2 is 1.64 bits per heavy atom. The van der Waals surface area contributed by atoms with Crippen molar-refractivity contribution in [2.45, 2.75) is 0 Å². The molecule has 1 aliphatic rings. The van der Waals surface area contributed by atoms with Gasteiger partial charge in [0.05, 0.1) is 25.5 Å². The number of methoxy groups -OCH3 is 2. The van der Waals surface area contributed by atoms with Crippen molar-refractivity contribution in [2.75, 3.05) is 19.1 Å². The molecule has 0 radical (unpaired) electrons. The van der Waals surface area contributed by atoms with Crippen LogP contribution in [0.4, 0.5) is 10.5 Å². The second kappa shape index (κ2) is 10.4. The number of barbiturate groups is 1. The Balaban J connectivity index is 1.69. The van der Waals surface area contributed by atoms with Gasteiger partial charge < -0.3 is 14.2 Å². The van der Waals surface area contributed by atoms with E-state index in [9.17, 15) is 19.2 Å². The highest BCUT2D eigenvalue weighted by Crippen LogP contribution is 2.29. The lowest BCUT2D eigenvalue weighted by Crippen LogP contribution is -2.54. The van der Waals surface area contributed by atoms with E-state index in [1.165, 1.54) is 38.5 Å². The van der Waals surface area contributed by atoms with Crippen LogP contribution in [-0.2, 0) is 9.59 Å². The molecule has 1 saturated heterocycles. The maximum absolute atomic E-state index is 13.3. The standard InChI is InChI=1S/C26H19BrN2O7/c1-34-19-9-6-15(7-10-19)25(32)36-22-11-8-17(27)12-16(22)13-21-23(30)28-26(33)29(24(21)31)18-4-3-5-20(14-18)35-2/h3-14H,1-2H3,(H,28,30,33)/b21-13-. The highest BCUT2D eigenvalue weighted by molar-refractivity contribution is 9.10. The lowest BCUT2D eigenvalue weighted by molar-refractivity contribution is -0.122. The number of rotatable bonds is 6. The third-order valence-electron chi connectivity index (χ3n) is 5.21. The van der Waals surface area contributed by atoms with Crippen LogP contribution in [0.1, 0.15) is 15.9 Å². The fourth-order valence-electron chi connectivity index (χ4n) is 3.41. The van der Waals surface area contributed by atoms with Crippen molar-refractivity contribution in [1.82, 2.24) is 5.32 Å². The maximum atomic E-state index is 13.3. The normalized spacial score (nSPS) is 14.5. The van der Waals surface area contributed by atoms with Crippen LogP contribution >= 0.6 is 15.9 Å². The molecule has 4 amide bonds. The van der Waals surface area contributed by atoms with Crippen molar-refractivity contribution >= 4 is 51.5 Å². The van der Waals surface area contributed by atoms with E-state index in [0.717, 1.165) is 4.90 Å². The molecule has 10 heteroatoms. The average molecular weight is 551 g/mol. The second-order valence-electron chi connectivity index (χ2n) is 7.46. The van der Waals surface area contributed by atoms with Gasteiger partial charge in [-0.15, -0.1) is 0 Å². The lowest BCUT2D eigenvalue weighted by atomic mass is 10.1. The van der Waals surface area contributed by atoms with Crippen LogP contribution in [0.5, 0.6) is 17.2 Å². The van der Waals surface area contributed by atoms with Gasteiger partial charge in [-0.1, -0.05) is 22.0 Å². The minimum atomic E-state index is -0.893. The summed E-state index contributed by atoms with van der Waals surface area (Å²) in [6.45, 7) is 0. The van der Waals surface area contributed by atoms with Gasteiger partial charge in [-0.05, 0) is 60.7 Å².